The molecule has 0 unspecified atom stereocenters. The van der Waals surface area contributed by atoms with Crippen LogP contribution in [0.2, 0.25) is 0 Å². The third kappa shape index (κ3) is 3.71. The molecule has 6 nitrogen and oxygen atoms in total. The summed E-state index contributed by atoms with van der Waals surface area (Å²) in [6, 6.07) is 3.61. The van der Waals surface area contributed by atoms with Crippen molar-refractivity contribution in [2.45, 2.75) is 6.92 Å². The van der Waals surface area contributed by atoms with Gasteiger partial charge in [-0.15, -0.1) is 0 Å². The van der Waals surface area contributed by atoms with Gasteiger partial charge in [0.05, 0.1) is 12.2 Å². The van der Waals surface area contributed by atoms with Crippen LogP contribution in [0.5, 0.6) is 0 Å². The van der Waals surface area contributed by atoms with Crippen molar-refractivity contribution in [2.75, 3.05) is 57.8 Å². The molecule has 0 saturated carbocycles. The Kier molecular flexibility index (Phi) is 5.52. The van der Waals surface area contributed by atoms with E-state index in [9.17, 15) is 4.79 Å². The molecular formula is C15H24N4O2. The van der Waals surface area contributed by atoms with Gasteiger partial charge >= 0.3 is 0 Å². The molecule has 1 amide bonds. The van der Waals surface area contributed by atoms with Crippen LogP contribution in [-0.2, 0) is 0 Å². The first-order chi connectivity index (χ1) is 10.2. The highest BCUT2D eigenvalue weighted by Crippen LogP contribution is 2.20. The molecule has 1 N–H and O–H groups in total. The van der Waals surface area contributed by atoms with E-state index in [1.54, 1.807) is 17.2 Å². The molecule has 6 heteroatoms. The Labute approximate surface area is 126 Å². The van der Waals surface area contributed by atoms with Gasteiger partial charge in [0.15, 0.2) is 0 Å². The number of rotatable bonds is 5. The van der Waals surface area contributed by atoms with Crippen molar-refractivity contribution in [1.29, 1.82) is 0 Å². The molecule has 0 bridgehead atoms. The predicted octanol–water partition coefficient (Wildman–Crippen LogP) is 0.288. The summed E-state index contributed by atoms with van der Waals surface area (Å²) in [4.78, 5) is 23.1. The van der Waals surface area contributed by atoms with Gasteiger partial charge in [-0.3, -0.25) is 4.79 Å². The molecule has 0 radical (unpaired) electrons. The van der Waals surface area contributed by atoms with Crippen LogP contribution in [-0.4, -0.2) is 78.7 Å². The average molecular weight is 292 g/mol. The summed E-state index contributed by atoms with van der Waals surface area (Å²) in [7, 11) is 2.10. The zero-order chi connectivity index (χ0) is 15.2. The third-order valence-corrected chi connectivity index (χ3v) is 3.86. The van der Waals surface area contributed by atoms with Crippen molar-refractivity contribution in [3.05, 3.63) is 23.9 Å². The monoisotopic (exact) mass is 292 g/mol. The van der Waals surface area contributed by atoms with E-state index < -0.39 is 0 Å². The molecule has 1 aromatic heterocycles. The highest BCUT2D eigenvalue weighted by atomic mass is 16.3. The van der Waals surface area contributed by atoms with Gasteiger partial charge in [0, 0.05) is 45.5 Å². The molecule has 1 saturated heterocycles. The van der Waals surface area contributed by atoms with Gasteiger partial charge in [-0.1, -0.05) is 0 Å². The number of pyridine rings is 1. The third-order valence-electron chi connectivity index (χ3n) is 3.86. The number of carbonyl (C=O) groups excluding carboxylic acids is 1. The number of likely N-dealkylation sites (N-methyl/N-ethyl adjacent to an activating group) is 2. The number of anilines is 1. The van der Waals surface area contributed by atoms with Gasteiger partial charge < -0.3 is 19.8 Å². The summed E-state index contributed by atoms with van der Waals surface area (Å²) < 4.78 is 0. The fourth-order valence-corrected chi connectivity index (χ4v) is 2.53. The van der Waals surface area contributed by atoms with Crippen LogP contribution >= 0.6 is 0 Å². The lowest BCUT2D eigenvalue weighted by molar-refractivity contribution is 0.0732. The zero-order valence-electron chi connectivity index (χ0n) is 12.8. The fourth-order valence-electron chi connectivity index (χ4n) is 2.53. The van der Waals surface area contributed by atoms with Crippen LogP contribution in [0.15, 0.2) is 18.3 Å². The Morgan fingerprint density at radius 3 is 2.71 bits per heavy atom. The summed E-state index contributed by atoms with van der Waals surface area (Å²) in [5.41, 5.74) is 0.623. The first kappa shape index (κ1) is 15.7. The van der Waals surface area contributed by atoms with E-state index >= 15 is 0 Å². The van der Waals surface area contributed by atoms with Crippen molar-refractivity contribution in [3.8, 4) is 0 Å². The Hall–Kier alpha value is -1.66. The van der Waals surface area contributed by atoms with E-state index in [1.807, 2.05) is 13.0 Å². The van der Waals surface area contributed by atoms with Gasteiger partial charge in [0.1, 0.15) is 5.82 Å². The maximum absolute atomic E-state index is 12.6. The standard InChI is InChI=1S/C15H24N4O2/c1-3-18(11-12-20)15(21)13-5-4-6-16-14(13)19-9-7-17(2)8-10-19/h4-6,20H,3,7-12H2,1-2H3. The number of piperazine rings is 1. The lowest BCUT2D eigenvalue weighted by atomic mass is 10.2. The molecule has 0 aliphatic carbocycles. The second-order valence-electron chi connectivity index (χ2n) is 5.27. The number of aliphatic hydroxyl groups excluding tert-OH is 1. The maximum atomic E-state index is 12.6. The molecule has 0 aromatic carbocycles. The minimum atomic E-state index is -0.0615. The molecule has 2 heterocycles. The Morgan fingerprint density at radius 2 is 2.10 bits per heavy atom. The number of hydrogen-bond acceptors (Lipinski definition) is 5. The minimum absolute atomic E-state index is 0.0241. The molecule has 1 aromatic rings. The lowest BCUT2D eigenvalue weighted by Crippen LogP contribution is -2.45. The SMILES string of the molecule is CCN(CCO)C(=O)c1cccnc1N1CCN(C)CC1. The first-order valence-electron chi connectivity index (χ1n) is 7.46. The van der Waals surface area contributed by atoms with E-state index in [4.69, 9.17) is 5.11 Å². The number of aromatic nitrogens is 1. The Morgan fingerprint density at radius 1 is 1.38 bits per heavy atom. The summed E-state index contributed by atoms with van der Waals surface area (Å²) in [6.45, 7) is 6.52. The number of nitrogens with zero attached hydrogens (tertiary/aromatic N) is 4. The summed E-state index contributed by atoms with van der Waals surface area (Å²) in [5.74, 6) is 0.695. The van der Waals surface area contributed by atoms with Crippen LogP contribution in [0.4, 0.5) is 5.82 Å². The molecule has 2 rings (SSSR count). The summed E-state index contributed by atoms with van der Waals surface area (Å²) in [6.07, 6.45) is 1.73. The second-order valence-corrected chi connectivity index (χ2v) is 5.27. The molecular weight excluding hydrogens is 268 g/mol. The van der Waals surface area contributed by atoms with Crippen LogP contribution in [0, 0.1) is 0 Å². The summed E-state index contributed by atoms with van der Waals surface area (Å²) in [5, 5.41) is 9.09. The van der Waals surface area contributed by atoms with Crippen LogP contribution in [0.25, 0.3) is 0 Å². The minimum Gasteiger partial charge on any atom is -0.395 e. The van der Waals surface area contributed by atoms with Crippen molar-refractivity contribution in [3.63, 3.8) is 0 Å². The second kappa shape index (κ2) is 7.38. The van der Waals surface area contributed by atoms with Crippen molar-refractivity contribution < 1.29 is 9.90 Å². The molecule has 1 aliphatic rings. The normalized spacial score (nSPS) is 16.0. The number of aliphatic hydroxyl groups is 1. The van der Waals surface area contributed by atoms with Crippen molar-refractivity contribution in [1.82, 2.24) is 14.8 Å². The zero-order valence-corrected chi connectivity index (χ0v) is 12.8. The maximum Gasteiger partial charge on any atom is 0.257 e. The van der Waals surface area contributed by atoms with E-state index in [2.05, 4.69) is 21.8 Å². The molecule has 116 valence electrons. The predicted molar refractivity (Wildman–Crippen MR) is 82.6 cm³/mol. The van der Waals surface area contributed by atoms with Gasteiger partial charge in [0.2, 0.25) is 0 Å². The molecule has 0 atom stereocenters. The van der Waals surface area contributed by atoms with Gasteiger partial charge in [-0.25, -0.2) is 4.98 Å². The van der Waals surface area contributed by atoms with Crippen LogP contribution in [0.3, 0.4) is 0 Å². The van der Waals surface area contributed by atoms with Gasteiger partial charge in [0.25, 0.3) is 5.91 Å². The van der Waals surface area contributed by atoms with E-state index in [0.29, 0.717) is 18.7 Å². The molecule has 1 aliphatic heterocycles. The smallest absolute Gasteiger partial charge is 0.257 e. The quantitative estimate of drug-likeness (QED) is 0.845. The average Bonchev–Trinajstić information content (AvgIpc) is 2.53. The topological polar surface area (TPSA) is 59.9 Å². The van der Waals surface area contributed by atoms with E-state index in [-0.39, 0.29) is 12.5 Å². The van der Waals surface area contributed by atoms with Crippen LogP contribution in [0.1, 0.15) is 17.3 Å². The Bertz CT molecular complexity index is 472. The van der Waals surface area contributed by atoms with Crippen LogP contribution < -0.4 is 4.90 Å². The highest BCUT2D eigenvalue weighted by Gasteiger charge is 2.23. The van der Waals surface area contributed by atoms with Crippen molar-refractivity contribution in [2.24, 2.45) is 0 Å². The first-order valence-corrected chi connectivity index (χ1v) is 7.46. The Balaban J connectivity index is 2.22. The highest BCUT2D eigenvalue weighted by molar-refractivity contribution is 5.98. The molecule has 21 heavy (non-hydrogen) atoms. The number of carbonyl (C=O) groups is 1. The number of hydrogen-bond donors (Lipinski definition) is 1. The molecule has 0 spiro atoms. The van der Waals surface area contributed by atoms with Crippen molar-refractivity contribution >= 4 is 11.7 Å². The molecule has 1 fully saturated rings. The summed E-state index contributed by atoms with van der Waals surface area (Å²) >= 11 is 0. The largest absolute Gasteiger partial charge is 0.395 e. The number of amides is 1. The van der Waals surface area contributed by atoms with E-state index in [0.717, 1.165) is 32.0 Å². The lowest BCUT2D eigenvalue weighted by Gasteiger charge is -2.34. The van der Waals surface area contributed by atoms with E-state index in [1.165, 1.54) is 0 Å². The van der Waals surface area contributed by atoms with Gasteiger partial charge in [-0.05, 0) is 26.1 Å². The fraction of sp³-hybridized carbons (Fsp3) is 0.600. The van der Waals surface area contributed by atoms with Gasteiger partial charge in [-0.2, -0.15) is 0 Å².